The fourth-order valence-electron chi connectivity index (χ4n) is 3.13. The van der Waals surface area contributed by atoms with Gasteiger partial charge < -0.3 is 19.2 Å². The molecule has 0 unspecified atom stereocenters. The molecule has 1 amide bonds. The van der Waals surface area contributed by atoms with Gasteiger partial charge in [0.25, 0.3) is 0 Å². The van der Waals surface area contributed by atoms with Gasteiger partial charge >= 0.3 is 0 Å². The first kappa shape index (κ1) is 20.5. The van der Waals surface area contributed by atoms with Crippen molar-refractivity contribution >= 4 is 5.91 Å². The molecule has 1 aromatic heterocycles. The van der Waals surface area contributed by atoms with Crippen molar-refractivity contribution in [3.8, 4) is 23.0 Å². The van der Waals surface area contributed by atoms with Crippen LogP contribution >= 0.6 is 0 Å². The molecular formula is C23H26N2O4. The number of carbonyl (C=O) groups is 1. The van der Waals surface area contributed by atoms with Crippen molar-refractivity contribution in [1.82, 2.24) is 10.3 Å². The molecule has 6 heteroatoms. The summed E-state index contributed by atoms with van der Waals surface area (Å²) in [6, 6.07) is 13.6. The molecule has 0 saturated carbocycles. The Bertz CT molecular complexity index is 994. The quantitative estimate of drug-likeness (QED) is 0.628. The van der Waals surface area contributed by atoms with Gasteiger partial charge in [0.15, 0.2) is 0 Å². The van der Waals surface area contributed by atoms with Crippen molar-refractivity contribution in [3.05, 3.63) is 65.0 Å². The zero-order chi connectivity index (χ0) is 20.8. The molecule has 0 fully saturated rings. The summed E-state index contributed by atoms with van der Waals surface area (Å²) in [7, 11) is 3.24. The fraction of sp³-hybridized carbons (Fsp3) is 0.304. The molecule has 1 N–H and O–H groups in total. The second-order valence-electron chi connectivity index (χ2n) is 6.79. The molecule has 0 atom stereocenters. The third kappa shape index (κ3) is 4.96. The van der Waals surface area contributed by atoms with Crippen LogP contribution in [0.3, 0.4) is 0 Å². The minimum Gasteiger partial charge on any atom is -0.497 e. The van der Waals surface area contributed by atoms with E-state index < -0.39 is 0 Å². The number of aryl methyl sites for hydroxylation is 2. The van der Waals surface area contributed by atoms with E-state index >= 15 is 0 Å². The van der Waals surface area contributed by atoms with Crippen LogP contribution in [0.15, 0.2) is 46.9 Å². The lowest BCUT2D eigenvalue weighted by molar-refractivity contribution is -0.120. The van der Waals surface area contributed by atoms with Crippen LogP contribution in [-0.2, 0) is 17.6 Å². The molecule has 0 aliphatic rings. The number of nitrogens with one attached hydrogen (secondary N) is 1. The van der Waals surface area contributed by atoms with Crippen molar-refractivity contribution in [3.63, 3.8) is 0 Å². The number of benzene rings is 2. The van der Waals surface area contributed by atoms with E-state index in [1.54, 1.807) is 14.2 Å². The van der Waals surface area contributed by atoms with Crippen LogP contribution < -0.4 is 14.8 Å². The SMILES string of the molecule is COc1ccc(CCNC(=O)Cc2nc(-c3ccccc3C)oc2C)c(OC)c1. The molecule has 2 aromatic carbocycles. The van der Waals surface area contributed by atoms with E-state index in [2.05, 4.69) is 10.3 Å². The first-order chi connectivity index (χ1) is 14.0. The number of carbonyl (C=O) groups excluding carboxylic acids is 1. The van der Waals surface area contributed by atoms with E-state index in [0.717, 1.165) is 28.2 Å². The third-order valence-electron chi connectivity index (χ3n) is 4.81. The van der Waals surface area contributed by atoms with Gasteiger partial charge in [-0.05, 0) is 43.5 Å². The monoisotopic (exact) mass is 394 g/mol. The normalized spacial score (nSPS) is 10.6. The number of nitrogens with zero attached hydrogens (tertiary/aromatic N) is 1. The van der Waals surface area contributed by atoms with Crippen molar-refractivity contribution < 1.29 is 18.7 Å². The van der Waals surface area contributed by atoms with E-state index in [-0.39, 0.29) is 12.3 Å². The van der Waals surface area contributed by atoms with Crippen LogP contribution in [0.5, 0.6) is 11.5 Å². The van der Waals surface area contributed by atoms with Gasteiger partial charge in [-0.3, -0.25) is 4.79 Å². The van der Waals surface area contributed by atoms with Crippen LogP contribution in [0.2, 0.25) is 0 Å². The number of hydrogen-bond acceptors (Lipinski definition) is 5. The number of amides is 1. The Morgan fingerprint density at radius 3 is 2.62 bits per heavy atom. The van der Waals surface area contributed by atoms with Crippen LogP contribution in [0, 0.1) is 13.8 Å². The van der Waals surface area contributed by atoms with Gasteiger partial charge in [0, 0.05) is 18.2 Å². The summed E-state index contributed by atoms with van der Waals surface area (Å²) >= 11 is 0. The van der Waals surface area contributed by atoms with Gasteiger partial charge in [-0.1, -0.05) is 24.3 Å². The number of methoxy groups -OCH3 is 2. The second kappa shape index (κ2) is 9.28. The molecule has 3 rings (SSSR count). The molecule has 6 nitrogen and oxygen atoms in total. The molecule has 0 aliphatic heterocycles. The van der Waals surface area contributed by atoms with Gasteiger partial charge in [0.1, 0.15) is 17.3 Å². The second-order valence-corrected chi connectivity index (χ2v) is 6.79. The summed E-state index contributed by atoms with van der Waals surface area (Å²) in [5.41, 5.74) is 3.68. The lowest BCUT2D eigenvalue weighted by Crippen LogP contribution is -2.27. The molecule has 0 saturated heterocycles. The van der Waals surface area contributed by atoms with Gasteiger partial charge in [0.2, 0.25) is 11.8 Å². The Hall–Kier alpha value is -3.28. The Morgan fingerprint density at radius 2 is 1.90 bits per heavy atom. The van der Waals surface area contributed by atoms with Crippen molar-refractivity contribution in [2.75, 3.05) is 20.8 Å². The van der Waals surface area contributed by atoms with Crippen LogP contribution in [0.4, 0.5) is 0 Å². The molecule has 29 heavy (non-hydrogen) atoms. The number of aromatic nitrogens is 1. The number of oxazole rings is 1. The Labute approximate surface area is 170 Å². The first-order valence-corrected chi connectivity index (χ1v) is 9.51. The fourth-order valence-corrected chi connectivity index (χ4v) is 3.13. The van der Waals surface area contributed by atoms with Gasteiger partial charge in [-0.15, -0.1) is 0 Å². The number of rotatable bonds is 8. The Kier molecular flexibility index (Phi) is 6.54. The maximum atomic E-state index is 12.4. The number of ether oxygens (including phenoxy) is 2. The third-order valence-corrected chi connectivity index (χ3v) is 4.81. The summed E-state index contributed by atoms with van der Waals surface area (Å²) < 4.78 is 16.4. The maximum Gasteiger partial charge on any atom is 0.226 e. The molecule has 0 bridgehead atoms. The van der Waals surface area contributed by atoms with Crippen molar-refractivity contribution in [2.45, 2.75) is 26.7 Å². The number of hydrogen-bond donors (Lipinski definition) is 1. The molecule has 3 aromatic rings. The summed E-state index contributed by atoms with van der Waals surface area (Å²) in [5.74, 6) is 2.60. The molecule has 0 radical (unpaired) electrons. The Balaban J connectivity index is 1.59. The highest BCUT2D eigenvalue weighted by Crippen LogP contribution is 2.26. The van der Waals surface area contributed by atoms with Crippen LogP contribution in [-0.4, -0.2) is 31.7 Å². The predicted molar refractivity (Wildman–Crippen MR) is 111 cm³/mol. The summed E-state index contributed by atoms with van der Waals surface area (Å²) in [5, 5.41) is 2.94. The minimum atomic E-state index is -0.0924. The zero-order valence-corrected chi connectivity index (χ0v) is 17.2. The smallest absolute Gasteiger partial charge is 0.226 e. The Morgan fingerprint density at radius 1 is 1.10 bits per heavy atom. The molecule has 0 spiro atoms. The van der Waals surface area contributed by atoms with Crippen LogP contribution in [0.25, 0.3) is 11.5 Å². The van der Waals surface area contributed by atoms with E-state index in [9.17, 15) is 4.79 Å². The molecular weight excluding hydrogens is 368 g/mol. The zero-order valence-electron chi connectivity index (χ0n) is 17.2. The highest BCUT2D eigenvalue weighted by molar-refractivity contribution is 5.78. The maximum absolute atomic E-state index is 12.4. The van der Waals surface area contributed by atoms with E-state index in [1.807, 2.05) is 56.3 Å². The van der Waals surface area contributed by atoms with Gasteiger partial charge in [-0.2, -0.15) is 0 Å². The van der Waals surface area contributed by atoms with E-state index in [1.165, 1.54) is 0 Å². The first-order valence-electron chi connectivity index (χ1n) is 9.51. The topological polar surface area (TPSA) is 73.6 Å². The average molecular weight is 394 g/mol. The lowest BCUT2D eigenvalue weighted by atomic mass is 10.1. The molecule has 1 heterocycles. The van der Waals surface area contributed by atoms with E-state index in [0.29, 0.717) is 30.3 Å². The van der Waals surface area contributed by atoms with Crippen molar-refractivity contribution in [1.29, 1.82) is 0 Å². The lowest BCUT2D eigenvalue weighted by Gasteiger charge is -2.11. The van der Waals surface area contributed by atoms with E-state index in [4.69, 9.17) is 13.9 Å². The average Bonchev–Trinajstić information content (AvgIpc) is 3.08. The summed E-state index contributed by atoms with van der Waals surface area (Å²) in [4.78, 5) is 16.9. The largest absolute Gasteiger partial charge is 0.497 e. The highest BCUT2D eigenvalue weighted by atomic mass is 16.5. The summed E-state index contributed by atoms with van der Waals surface area (Å²) in [6.07, 6.45) is 0.839. The van der Waals surface area contributed by atoms with Crippen LogP contribution in [0.1, 0.15) is 22.6 Å². The minimum absolute atomic E-state index is 0.0924. The van der Waals surface area contributed by atoms with Gasteiger partial charge in [0.05, 0.1) is 26.3 Å². The van der Waals surface area contributed by atoms with Crippen molar-refractivity contribution in [2.24, 2.45) is 0 Å². The predicted octanol–water partition coefficient (Wildman–Crippen LogP) is 3.88. The molecule has 152 valence electrons. The summed E-state index contributed by atoms with van der Waals surface area (Å²) in [6.45, 7) is 4.34. The molecule has 0 aliphatic carbocycles. The highest BCUT2D eigenvalue weighted by Gasteiger charge is 2.16. The standard InChI is InChI=1S/C23H26N2O4/c1-15-7-5-6-8-19(15)23-25-20(16(2)29-23)14-22(26)24-12-11-17-9-10-18(27-3)13-21(17)28-4/h5-10,13H,11-12,14H2,1-4H3,(H,24,26). The van der Waals surface area contributed by atoms with Gasteiger partial charge in [-0.25, -0.2) is 4.98 Å².